The molecule has 2 aromatic heterocycles. The predicted octanol–water partition coefficient (Wildman–Crippen LogP) is 2.07. The van der Waals surface area contributed by atoms with Crippen LogP contribution in [0.1, 0.15) is 34.3 Å². The van der Waals surface area contributed by atoms with E-state index in [9.17, 15) is 14.7 Å². The molecule has 0 unspecified atom stereocenters. The standard InChI is InChI=1S/C35H51N9O7/c1-24-21-25(7-8-27(24)33(46)47)22-44(17-20-50-5)35-37-29-30(32(39-35)43-14-13-40(2)28(45)23-43)36-34(42(15-18-48-3)16-19-49-4)38-31(29)41-11-9-26(51-6)10-12-41/h7-8,21,26H,9-20,22-23H2,1-6H3,(H,46,47). The highest BCUT2D eigenvalue weighted by atomic mass is 16.5. The van der Waals surface area contributed by atoms with Crippen LogP contribution in [0.5, 0.6) is 0 Å². The minimum Gasteiger partial charge on any atom is -0.478 e. The number of aryl methyl sites for hydroxylation is 1. The summed E-state index contributed by atoms with van der Waals surface area (Å²) < 4.78 is 22.1. The molecule has 2 aliphatic heterocycles. The second-order valence-electron chi connectivity index (χ2n) is 12.9. The van der Waals surface area contributed by atoms with Gasteiger partial charge in [0.05, 0.1) is 38.0 Å². The number of carbonyl (C=O) groups is 2. The summed E-state index contributed by atoms with van der Waals surface area (Å²) in [7, 11) is 8.52. The van der Waals surface area contributed by atoms with E-state index >= 15 is 0 Å². The van der Waals surface area contributed by atoms with Gasteiger partial charge in [0, 0.05) is 87.8 Å². The number of nitrogens with zero attached hydrogens (tertiary/aromatic N) is 9. The number of carboxylic acids is 1. The highest BCUT2D eigenvalue weighted by Gasteiger charge is 2.31. The second kappa shape index (κ2) is 17.7. The maximum Gasteiger partial charge on any atom is 0.335 e. The SMILES string of the molecule is COCCN(Cc1ccc(C(=O)O)c(C)c1)c1nc(N2CCN(C)C(=O)C2)c2nc(N(CCOC)CCOC)nc(N3CCC(OC)CC3)c2n1. The lowest BCUT2D eigenvalue weighted by molar-refractivity contribution is -0.129. The van der Waals surface area contributed by atoms with E-state index in [0.717, 1.165) is 18.4 Å². The number of methoxy groups -OCH3 is 4. The fraction of sp³-hybridized carbons (Fsp3) is 0.600. The molecule has 2 fully saturated rings. The molecule has 1 N–H and O–H groups in total. The number of carbonyl (C=O) groups excluding carboxylic acids is 1. The number of anilines is 4. The van der Waals surface area contributed by atoms with Gasteiger partial charge in [-0.15, -0.1) is 0 Å². The molecule has 0 atom stereocenters. The number of ether oxygens (including phenoxy) is 4. The molecular weight excluding hydrogens is 658 g/mol. The Kier molecular flexibility index (Phi) is 13.1. The molecule has 2 saturated heterocycles. The van der Waals surface area contributed by atoms with Crippen LogP contribution in [0.3, 0.4) is 0 Å². The predicted molar refractivity (Wildman–Crippen MR) is 194 cm³/mol. The van der Waals surface area contributed by atoms with Crippen molar-refractivity contribution in [3.05, 3.63) is 34.9 Å². The van der Waals surface area contributed by atoms with E-state index in [-0.39, 0.29) is 24.1 Å². The van der Waals surface area contributed by atoms with Gasteiger partial charge in [-0.05, 0) is 37.0 Å². The molecular formula is C35H51N9O7. The molecule has 0 radical (unpaired) electrons. The number of amides is 1. The van der Waals surface area contributed by atoms with Crippen molar-refractivity contribution in [2.45, 2.75) is 32.4 Å². The number of piperidine rings is 1. The first-order valence-electron chi connectivity index (χ1n) is 17.3. The largest absolute Gasteiger partial charge is 0.478 e. The van der Waals surface area contributed by atoms with Crippen LogP contribution in [0.4, 0.5) is 23.5 Å². The van der Waals surface area contributed by atoms with Crippen molar-refractivity contribution in [2.75, 3.05) is 127 Å². The zero-order valence-electron chi connectivity index (χ0n) is 30.6. The zero-order valence-corrected chi connectivity index (χ0v) is 30.6. The monoisotopic (exact) mass is 709 g/mol. The highest BCUT2D eigenvalue weighted by Crippen LogP contribution is 2.35. The van der Waals surface area contributed by atoms with Crippen molar-refractivity contribution < 1.29 is 33.6 Å². The molecule has 0 saturated carbocycles. The lowest BCUT2D eigenvalue weighted by atomic mass is 10.0. The Morgan fingerprint density at radius 1 is 0.824 bits per heavy atom. The maximum absolute atomic E-state index is 13.1. The first kappa shape index (κ1) is 37.9. The Morgan fingerprint density at radius 3 is 1.92 bits per heavy atom. The van der Waals surface area contributed by atoms with Gasteiger partial charge in [-0.1, -0.05) is 12.1 Å². The summed E-state index contributed by atoms with van der Waals surface area (Å²) in [4.78, 5) is 55.5. The molecule has 16 heteroatoms. The molecule has 2 aliphatic rings. The molecule has 1 amide bonds. The molecule has 5 rings (SSSR count). The number of carboxylic acid groups (broad SMARTS) is 1. The fourth-order valence-corrected chi connectivity index (χ4v) is 6.38. The molecule has 278 valence electrons. The van der Waals surface area contributed by atoms with E-state index in [0.29, 0.717) is 112 Å². The Morgan fingerprint density at radius 2 is 1.39 bits per heavy atom. The van der Waals surface area contributed by atoms with E-state index in [1.54, 1.807) is 53.4 Å². The van der Waals surface area contributed by atoms with Crippen LogP contribution in [0.2, 0.25) is 0 Å². The van der Waals surface area contributed by atoms with E-state index in [1.807, 2.05) is 26.8 Å². The van der Waals surface area contributed by atoms with Crippen molar-refractivity contribution in [2.24, 2.45) is 0 Å². The number of hydrogen-bond donors (Lipinski definition) is 1. The van der Waals surface area contributed by atoms with Crippen LogP contribution >= 0.6 is 0 Å². The van der Waals surface area contributed by atoms with Gasteiger partial charge in [-0.3, -0.25) is 4.79 Å². The third-order valence-electron chi connectivity index (χ3n) is 9.47. The summed E-state index contributed by atoms with van der Waals surface area (Å²) in [6.45, 7) is 7.73. The first-order chi connectivity index (χ1) is 24.7. The van der Waals surface area contributed by atoms with Crippen LogP contribution in [0.15, 0.2) is 18.2 Å². The lowest BCUT2D eigenvalue weighted by Crippen LogP contribution is -2.49. The van der Waals surface area contributed by atoms with E-state index in [2.05, 4.69) is 4.90 Å². The van der Waals surface area contributed by atoms with Gasteiger partial charge in [-0.25, -0.2) is 14.8 Å². The third-order valence-corrected chi connectivity index (χ3v) is 9.47. The topological polar surface area (TPSA) is 159 Å². The molecule has 3 aromatic rings. The average molecular weight is 710 g/mol. The van der Waals surface area contributed by atoms with Gasteiger partial charge in [0.1, 0.15) is 11.0 Å². The number of piperazine rings is 1. The van der Waals surface area contributed by atoms with Crippen LogP contribution in [0, 0.1) is 6.92 Å². The molecule has 0 bridgehead atoms. The van der Waals surface area contributed by atoms with Crippen molar-refractivity contribution in [1.29, 1.82) is 0 Å². The quantitative estimate of drug-likeness (QED) is 0.217. The molecule has 16 nitrogen and oxygen atoms in total. The molecule has 0 aliphatic carbocycles. The summed E-state index contributed by atoms with van der Waals surface area (Å²) in [5, 5.41) is 9.61. The van der Waals surface area contributed by atoms with Gasteiger partial charge >= 0.3 is 5.97 Å². The number of aromatic nitrogens is 4. The summed E-state index contributed by atoms with van der Waals surface area (Å²) >= 11 is 0. The van der Waals surface area contributed by atoms with Gasteiger partial charge in [0.2, 0.25) is 17.8 Å². The smallest absolute Gasteiger partial charge is 0.335 e. The molecule has 4 heterocycles. The van der Waals surface area contributed by atoms with E-state index < -0.39 is 5.97 Å². The summed E-state index contributed by atoms with van der Waals surface area (Å²) in [5.41, 5.74) is 2.95. The summed E-state index contributed by atoms with van der Waals surface area (Å²) in [6.07, 6.45) is 1.82. The Labute approximate surface area is 299 Å². The normalized spacial score (nSPS) is 15.6. The molecule has 1 aromatic carbocycles. The number of hydrogen-bond acceptors (Lipinski definition) is 14. The van der Waals surface area contributed by atoms with Crippen molar-refractivity contribution in [3.63, 3.8) is 0 Å². The van der Waals surface area contributed by atoms with E-state index in [1.165, 1.54) is 0 Å². The average Bonchev–Trinajstić information content (AvgIpc) is 3.13. The second-order valence-corrected chi connectivity index (χ2v) is 12.9. The number of aromatic carboxylic acids is 1. The summed E-state index contributed by atoms with van der Waals surface area (Å²) in [5.74, 6) is 1.18. The van der Waals surface area contributed by atoms with Gasteiger partial charge in [-0.2, -0.15) is 9.97 Å². The highest BCUT2D eigenvalue weighted by molar-refractivity contribution is 5.96. The maximum atomic E-state index is 13.1. The number of likely N-dealkylation sites (N-methyl/N-ethyl adjacent to an activating group) is 1. The Bertz CT molecular complexity index is 1650. The van der Waals surface area contributed by atoms with Crippen LogP contribution in [-0.2, 0) is 30.3 Å². The zero-order chi connectivity index (χ0) is 36.5. The lowest BCUT2D eigenvalue weighted by Gasteiger charge is -2.35. The van der Waals surface area contributed by atoms with Crippen molar-refractivity contribution in [1.82, 2.24) is 24.8 Å². The number of fused-ring (bicyclic) bond motifs is 1. The first-order valence-corrected chi connectivity index (χ1v) is 17.3. The van der Waals surface area contributed by atoms with E-state index in [4.69, 9.17) is 38.9 Å². The van der Waals surface area contributed by atoms with Crippen LogP contribution in [-0.4, -0.2) is 156 Å². The number of rotatable bonds is 17. The van der Waals surface area contributed by atoms with Crippen molar-refractivity contribution >= 4 is 46.4 Å². The van der Waals surface area contributed by atoms with Crippen molar-refractivity contribution in [3.8, 4) is 0 Å². The molecule has 51 heavy (non-hydrogen) atoms. The Balaban J connectivity index is 1.71. The minimum absolute atomic E-state index is 0.0160. The van der Waals surface area contributed by atoms with Crippen LogP contribution < -0.4 is 19.6 Å². The van der Waals surface area contributed by atoms with Gasteiger partial charge < -0.3 is 48.6 Å². The Hall–Kier alpha value is -4.38. The van der Waals surface area contributed by atoms with Gasteiger partial charge in [0.15, 0.2) is 11.6 Å². The molecule has 0 spiro atoms. The number of benzene rings is 1. The minimum atomic E-state index is -0.969. The fourth-order valence-electron chi connectivity index (χ4n) is 6.38. The third kappa shape index (κ3) is 9.11. The summed E-state index contributed by atoms with van der Waals surface area (Å²) in [6, 6.07) is 5.31. The van der Waals surface area contributed by atoms with Gasteiger partial charge in [0.25, 0.3) is 0 Å². The van der Waals surface area contributed by atoms with Crippen LogP contribution in [0.25, 0.3) is 11.0 Å².